The van der Waals surface area contributed by atoms with Crippen molar-refractivity contribution in [1.82, 2.24) is 0 Å². The van der Waals surface area contributed by atoms with E-state index in [1.165, 1.54) is 36.6 Å². The van der Waals surface area contributed by atoms with Gasteiger partial charge in [-0.25, -0.2) is 0 Å². The maximum atomic E-state index is 12.6. The van der Waals surface area contributed by atoms with Gasteiger partial charge < -0.3 is 24.8 Å². The number of fused-ring (bicyclic) bond motifs is 1. The normalized spacial score (nSPS) is 11.0. The molecule has 3 rings (SSSR count). The number of aliphatic hydroxyl groups excluding tert-OH is 1. The summed E-state index contributed by atoms with van der Waals surface area (Å²) < 4.78 is 5.31. The molecule has 0 aliphatic rings. The summed E-state index contributed by atoms with van der Waals surface area (Å²) in [7, 11) is 0. The number of hydrogen-bond donors (Lipinski definition) is 4. The van der Waals surface area contributed by atoms with Gasteiger partial charge >= 0.3 is 0 Å². The van der Waals surface area contributed by atoms with Gasteiger partial charge in [-0.15, -0.1) is 0 Å². The minimum absolute atomic E-state index is 0.0136. The molecule has 4 N–H and O–H groups in total. The highest BCUT2D eigenvalue weighted by atomic mass is 16.3. The van der Waals surface area contributed by atoms with Crippen LogP contribution < -0.4 is 5.43 Å². The first kappa shape index (κ1) is 14.0. The standard InChI is InChI=1S/C16H12O6/c17-6-10-12(19)5-13-14(15(10)20)16(21)11(7-22-13)8-1-3-9(18)4-2-8/h1-5,7,17-20H,6H2. The van der Waals surface area contributed by atoms with Crippen LogP contribution in [0.2, 0.25) is 0 Å². The number of hydrogen-bond acceptors (Lipinski definition) is 6. The number of aromatic hydroxyl groups is 3. The molecule has 6 heteroatoms. The number of aliphatic hydroxyl groups is 1. The highest BCUT2D eigenvalue weighted by molar-refractivity contribution is 5.89. The van der Waals surface area contributed by atoms with Crippen LogP contribution in [-0.4, -0.2) is 20.4 Å². The van der Waals surface area contributed by atoms with Gasteiger partial charge in [0.15, 0.2) is 0 Å². The van der Waals surface area contributed by atoms with Crippen LogP contribution in [0.5, 0.6) is 17.2 Å². The molecule has 0 atom stereocenters. The average molecular weight is 300 g/mol. The van der Waals surface area contributed by atoms with Crippen molar-refractivity contribution >= 4 is 11.0 Å². The topological polar surface area (TPSA) is 111 Å². The Bertz CT molecular complexity index is 909. The van der Waals surface area contributed by atoms with Crippen molar-refractivity contribution in [2.24, 2.45) is 0 Å². The predicted molar refractivity (Wildman–Crippen MR) is 78.8 cm³/mol. The van der Waals surface area contributed by atoms with Gasteiger partial charge in [-0.1, -0.05) is 12.1 Å². The highest BCUT2D eigenvalue weighted by Crippen LogP contribution is 2.35. The summed E-state index contributed by atoms with van der Waals surface area (Å²) in [5.41, 5.74) is 0.0744. The van der Waals surface area contributed by atoms with Gasteiger partial charge in [-0.2, -0.15) is 0 Å². The third kappa shape index (κ3) is 2.06. The van der Waals surface area contributed by atoms with Gasteiger partial charge in [0.05, 0.1) is 17.7 Å². The average Bonchev–Trinajstić information content (AvgIpc) is 2.49. The fourth-order valence-corrected chi connectivity index (χ4v) is 2.29. The summed E-state index contributed by atoms with van der Waals surface area (Å²) in [4.78, 5) is 12.6. The Morgan fingerprint density at radius 3 is 2.36 bits per heavy atom. The molecule has 22 heavy (non-hydrogen) atoms. The Morgan fingerprint density at radius 2 is 1.73 bits per heavy atom. The largest absolute Gasteiger partial charge is 0.508 e. The number of rotatable bonds is 2. The second kappa shape index (κ2) is 5.09. The molecule has 0 aliphatic heterocycles. The van der Waals surface area contributed by atoms with Gasteiger partial charge in [0.1, 0.15) is 34.5 Å². The quantitative estimate of drug-likeness (QED) is 0.576. The SMILES string of the molecule is O=c1c(-c2ccc(O)cc2)coc2cc(O)c(CO)c(O)c12. The molecule has 0 saturated carbocycles. The maximum absolute atomic E-state index is 12.6. The van der Waals surface area contributed by atoms with Gasteiger partial charge in [0, 0.05) is 6.07 Å². The van der Waals surface area contributed by atoms with Crippen molar-refractivity contribution in [1.29, 1.82) is 0 Å². The predicted octanol–water partition coefficient (Wildman–Crippen LogP) is 2.07. The van der Waals surface area contributed by atoms with Crippen LogP contribution >= 0.6 is 0 Å². The molecule has 1 heterocycles. The van der Waals surface area contributed by atoms with Crippen molar-refractivity contribution in [3.05, 3.63) is 52.4 Å². The van der Waals surface area contributed by atoms with Gasteiger partial charge in [-0.3, -0.25) is 4.79 Å². The molecular formula is C16H12O6. The van der Waals surface area contributed by atoms with E-state index in [1.54, 1.807) is 0 Å². The first-order valence-electron chi connectivity index (χ1n) is 6.42. The minimum Gasteiger partial charge on any atom is -0.508 e. The third-order valence-electron chi connectivity index (χ3n) is 3.46. The van der Waals surface area contributed by atoms with E-state index in [0.717, 1.165) is 0 Å². The Hall–Kier alpha value is -2.99. The zero-order valence-corrected chi connectivity index (χ0v) is 11.3. The number of phenols is 3. The summed E-state index contributed by atoms with van der Waals surface area (Å²) >= 11 is 0. The Labute approximate surface area is 124 Å². The lowest BCUT2D eigenvalue weighted by atomic mass is 10.0. The number of benzene rings is 2. The van der Waals surface area contributed by atoms with E-state index in [-0.39, 0.29) is 33.6 Å². The molecule has 112 valence electrons. The molecule has 0 unspecified atom stereocenters. The third-order valence-corrected chi connectivity index (χ3v) is 3.46. The summed E-state index contributed by atoms with van der Waals surface area (Å²) in [5.74, 6) is -0.802. The van der Waals surface area contributed by atoms with Crippen LogP contribution in [0.4, 0.5) is 0 Å². The first-order valence-corrected chi connectivity index (χ1v) is 6.42. The summed E-state index contributed by atoms with van der Waals surface area (Å²) in [6.45, 7) is -0.615. The van der Waals surface area contributed by atoms with Crippen LogP contribution in [0.3, 0.4) is 0 Å². The van der Waals surface area contributed by atoms with E-state index in [1.807, 2.05) is 0 Å². The van der Waals surface area contributed by atoms with E-state index in [9.17, 15) is 25.2 Å². The van der Waals surface area contributed by atoms with Gasteiger partial charge in [0.25, 0.3) is 0 Å². The lowest BCUT2D eigenvalue weighted by Crippen LogP contribution is -2.06. The Morgan fingerprint density at radius 1 is 1.05 bits per heavy atom. The zero-order valence-electron chi connectivity index (χ0n) is 11.3. The lowest BCUT2D eigenvalue weighted by molar-refractivity contribution is 0.269. The lowest BCUT2D eigenvalue weighted by Gasteiger charge is -2.09. The fraction of sp³-hybridized carbons (Fsp3) is 0.0625. The summed E-state index contributed by atoms with van der Waals surface area (Å²) in [6, 6.07) is 7.10. The molecule has 0 bridgehead atoms. The molecule has 0 radical (unpaired) electrons. The van der Waals surface area contributed by atoms with E-state index in [4.69, 9.17) is 4.42 Å². The molecule has 3 aromatic rings. The van der Waals surface area contributed by atoms with E-state index in [0.29, 0.717) is 5.56 Å². The van der Waals surface area contributed by atoms with E-state index >= 15 is 0 Å². The number of phenolic OH excluding ortho intramolecular Hbond substituents is 1. The molecule has 2 aromatic carbocycles. The Kier molecular flexibility index (Phi) is 3.23. The maximum Gasteiger partial charge on any atom is 0.204 e. The van der Waals surface area contributed by atoms with E-state index < -0.39 is 17.8 Å². The first-order chi connectivity index (χ1) is 10.5. The molecule has 6 nitrogen and oxygen atoms in total. The molecular weight excluding hydrogens is 288 g/mol. The van der Waals surface area contributed by atoms with Crippen molar-refractivity contribution in [2.45, 2.75) is 6.61 Å². The smallest absolute Gasteiger partial charge is 0.204 e. The van der Waals surface area contributed by atoms with Crippen molar-refractivity contribution in [3.8, 4) is 28.4 Å². The van der Waals surface area contributed by atoms with Crippen LogP contribution in [0, 0.1) is 0 Å². The Balaban J connectivity index is 2.34. The van der Waals surface area contributed by atoms with Crippen molar-refractivity contribution in [2.75, 3.05) is 0 Å². The van der Waals surface area contributed by atoms with Crippen molar-refractivity contribution < 1.29 is 24.8 Å². The highest BCUT2D eigenvalue weighted by Gasteiger charge is 2.18. The molecule has 0 amide bonds. The molecule has 0 saturated heterocycles. The minimum atomic E-state index is -0.615. The fourth-order valence-electron chi connectivity index (χ4n) is 2.29. The molecule has 1 aromatic heterocycles. The summed E-state index contributed by atoms with van der Waals surface area (Å²) in [6.07, 6.45) is 1.22. The van der Waals surface area contributed by atoms with Crippen LogP contribution in [0.1, 0.15) is 5.56 Å². The van der Waals surface area contributed by atoms with Gasteiger partial charge in [-0.05, 0) is 17.7 Å². The summed E-state index contributed by atoms with van der Waals surface area (Å²) in [5, 5.41) is 38.2. The molecule has 0 aliphatic carbocycles. The van der Waals surface area contributed by atoms with Crippen LogP contribution in [-0.2, 0) is 6.61 Å². The van der Waals surface area contributed by atoms with Crippen LogP contribution in [0.15, 0.2) is 45.8 Å². The van der Waals surface area contributed by atoms with Crippen LogP contribution in [0.25, 0.3) is 22.1 Å². The second-order valence-corrected chi connectivity index (χ2v) is 4.78. The van der Waals surface area contributed by atoms with Crippen molar-refractivity contribution in [3.63, 3.8) is 0 Å². The molecule has 0 fully saturated rings. The monoisotopic (exact) mass is 300 g/mol. The zero-order chi connectivity index (χ0) is 15.9. The second-order valence-electron chi connectivity index (χ2n) is 4.78. The molecule has 0 spiro atoms. The van der Waals surface area contributed by atoms with Gasteiger partial charge in [0.2, 0.25) is 5.43 Å². The van der Waals surface area contributed by atoms with E-state index in [2.05, 4.69) is 0 Å².